The number of rotatable bonds is 4. The topological polar surface area (TPSA) is 56.5 Å². The van der Waals surface area contributed by atoms with E-state index in [9.17, 15) is 5.11 Å². The molecule has 0 saturated carbocycles. The average molecular weight is 295 g/mol. The van der Waals surface area contributed by atoms with Gasteiger partial charge < -0.3 is 14.6 Å². The number of hydrogen-bond donors (Lipinski definition) is 1. The maximum atomic E-state index is 10.3. The van der Waals surface area contributed by atoms with Crippen LogP contribution in [0.5, 0.6) is 11.5 Å². The van der Waals surface area contributed by atoms with Crippen LogP contribution in [0.1, 0.15) is 23.8 Å². The SMILES string of the molecule is Cn1nccc1CCC(O)c1cc(Cl)c2c(c1)OCO2. The zero-order valence-electron chi connectivity index (χ0n) is 11.0. The van der Waals surface area contributed by atoms with Crippen molar-refractivity contribution in [3.8, 4) is 11.5 Å². The summed E-state index contributed by atoms with van der Waals surface area (Å²) in [4.78, 5) is 0. The van der Waals surface area contributed by atoms with Crippen LogP contribution < -0.4 is 9.47 Å². The van der Waals surface area contributed by atoms with Gasteiger partial charge in [0.05, 0.1) is 11.1 Å². The number of benzene rings is 1. The van der Waals surface area contributed by atoms with E-state index in [4.69, 9.17) is 21.1 Å². The molecule has 0 aliphatic carbocycles. The highest BCUT2D eigenvalue weighted by molar-refractivity contribution is 6.32. The van der Waals surface area contributed by atoms with Crippen molar-refractivity contribution in [3.63, 3.8) is 0 Å². The Bertz CT molecular complexity index is 627. The number of hydrogen-bond acceptors (Lipinski definition) is 4. The van der Waals surface area contributed by atoms with Crippen LogP contribution in [0.3, 0.4) is 0 Å². The van der Waals surface area contributed by atoms with Gasteiger partial charge in [-0.25, -0.2) is 0 Å². The third-order valence-electron chi connectivity index (χ3n) is 3.43. The fourth-order valence-electron chi connectivity index (χ4n) is 2.28. The molecule has 20 heavy (non-hydrogen) atoms. The summed E-state index contributed by atoms with van der Waals surface area (Å²) in [6.45, 7) is 0.170. The van der Waals surface area contributed by atoms with Gasteiger partial charge in [-0.2, -0.15) is 5.10 Å². The zero-order chi connectivity index (χ0) is 14.1. The van der Waals surface area contributed by atoms with Crippen molar-refractivity contribution in [1.29, 1.82) is 0 Å². The van der Waals surface area contributed by atoms with Gasteiger partial charge >= 0.3 is 0 Å². The number of aryl methyl sites for hydroxylation is 2. The van der Waals surface area contributed by atoms with Crippen molar-refractivity contribution in [2.75, 3.05) is 6.79 Å². The minimum absolute atomic E-state index is 0.170. The van der Waals surface area contributed by atoms with E-state index in [1.54, 1.807) is 23.0 Å². The molecule has 1 aliphatic rings. The number of halogens is 1. The van der Waals surface area contributed by atoms with Gasteiger partial charge in [0.25, 0.3) is 0 Å². The third kappa shape index (κ3) is 2.46. The highest BCUT2D eigenvalue weighted by atomic mass is 35.5. The first-order valence-corrected chi connectivity index (χ1v) is 6.77. The van der Waals surface area contributed by atoms with Gasteiger partial charge in [-0.3, -0.25) is 4.68 Å². The largest absolute Gasteiger partial charge is 0.454 e. The molecule has 1 aromatic carbocycles. The van der Waals surface area contributed by atoms with Crippen LogP contribution >= 0.6 is 11.6 Å². The second kappa shape index (κ2) is 5.34. The molecule has 1 aliphatic heterocycles. The second-order valence-corrected chi connectivity index (χ2v) is 5.14. The van der Waals surface area contributed by atoms with Gasteiger partial charge in [-0.05, 0) is 36.6 Å². The van der Waals surface area contributed by atoms with Crippen LogP contribution in [0.2, 0.25) is 5.02 Å². The molecule has 1 N–H and O–H groups in total. The van der Waals surface area contributed by atoms with E-state index in [1.807, 2.05) is 13.1 Å². The van der Waals surface area contributed by atoms with Gasteiger partial charge in [0.2, 0.25) is 6.79 Å². The van der Waals surface area contributed by atoms with Gasteiger partial charge in [-0.1, -0.05) is 11.6 Å². The highest BCUT2D eigenvalue weighted by Crippen LogP contribution is 2.41. The van der Waals surface area contributed by atoms with Crippen LogP contribution in [-0.2, 0) is 13.5 Å². The van der Waals surface area contributed by atoms with Crippen LogP contribution in [0.4, 0.5) is 0 Å². The van der Waals surface area contributed by atoms with Gasteiger partial charge in [0, 0.05) is 18.9 Å². The molecule has 0 radical (unpaired) electrons. The molecule has 1 unspecified atom stereocenters. The summed E-state index contributed by atoms with van der Waals surface area (Å²) in [6, 6.07) is 5.45. The molecule has 0 saturated heterocycles. The Balaban J connectivity index is 1.73. The van der Waals surface area contributed by atoms with E-state index in [2.05, 4.69) is 5.10 Å². The van der Waals surface area contributed by atoms with E-state index >= 15 is 0 Å². The molecule has 2 heterocycles. The number of aliphatic hydroxyl groups excluding tert-OH is 1. The van der Waals surface area contributed by atoms with E-state index < -0.39 is 6.10 Å². The molecule has 5 nitrogen and oxygen atoms in total. The number of nitrogens with zero attached hydrogens (tertiary/aromatic N) is 2. The van der Waals surface area contributed by atoms with Crippen molar-refractivity contribution < 1.29 is 14.6 Å². The molecule has 0 fully saturated rings. The van der Waals surface area contributed by atoms with Gasteiger partial charge in [0.15, 0.2) is 11.5 Å². The minimum atomic E-state index is -0.600. The predicted molar refractivity (Wildman–Crippen MR) is 74.1 cm³/mol. The van der Waals surface area contributed by atoms with Gasteiger partial charge in [0.1, 0.15) is 0 Å². The summed E-state index contributed by atoms with van der Waals surface area (Å²) in [5.41, 5.74) is 1.82. The summed E-state index contributed by atoms with van der Waals surface area (Å²) >= 11 is 6.11. The van der Waals surface area contributed by atoms with E-state index in [0.717, 1.165) is 17.7 Å². The number of fused-ring (bicyclic) bond motifs is 1. The minimum Gasteiger partial charge on any atom is -0.454 e. The summed E-state index contributed by atoms with van der Waals surface area (Å²) in [5.74, 6) is 1.14. The molecule has 2 aromatic rings. The van der Waals surface area contributed by atoms with Crippen LogP contribution in [0.25, 0.3) is 0 Å². The lowest BCUT2D eigenvalue weighted by molar-refractivity contribution is 0.165. The Morgan fingerprint density at radius 1 is 1.45 bits per heavy atom. The quantitative estimate of drug-likeness (QED) is 0.941. The maximum absolute atomic E-state index is 10.3. The average Bonchev–Trinajstić information content (AvgIpc) is 3.05. The molecular weight excluding hydrogens is 280 g/mol. The Morgan fingerprint density at radius 3 is 3.05 bits per heavy atom. The van der Waals surface area contributed by atoms with Crippen molar-refractivity contribution in [1.82, 2.24) is 9.78 Å². The Hall–Kier alpha value is -1.72. The maximum Gasteiger partial charge on any atom is 0.231 e. The molecule has 1 atom stereocenters. The fourth-order valence-corrected chi connectivity index (χ4v) is 2.55. The molecule has 6 heteroatoms. The van der Waals surface area contributed by atoms with Crippen molar-refractivity contribution in [2.45, 2.75) is 18.9 Å². The zero-order valence-corrected chi connectivity index (χ0v) is 11.8. The predicted octanol–water partition coefficient (Wildman–Crippen LogP) is 2.47. The second-order valence-electron chi connectivity index (χ2n) is 4.74. The Labute approximate surface area is 121 Å². The number of aliphatic hydroxyl groups is 1. The van der Waals surface area contributed by atoms with Crippen molar-refractivity contribution >= 4 is 11.6 Å². The third-order valence-corrected chi connectivity index (χ3v) is 3.71. The summed E-state index contributed by atoms with van der Waals surface area (Å²) in [5, 5.41) is 14.9. The van der Waals surface area contributed by atoms with E-state index in [0.29, 0.717) is 22.9 Å². The van der Waals surface area contributed by atoms with Gasteiger partial charge in [-0.15, -0.1) is 0 Å². The van der Waals surface area contributed by atoms with Crippen molar-refractivity contribution in [3.05, 3.63) is 40.7 Å². The van der Waals surface area contributed by atoms with E-state index in [-0.39, 0.29) is 6.79 Å². The molecule has 0 bridgehead atoms. The normalized spacial score (nSPS) is 14.6. The Morgan fingerprint density at radius 2 is 2.30 bits per heavy atom. The molecule has 1 aromatic heterocycles. The number of aromatic nitrogens is 2. The highest BCUT2D eigenvalue weighted by Gasteiger charge is 2.20. The first kappa shape index (κ1) is 13.3. The lowest BCUT2D eigenvalue weighted by atomic mass is 10.0. The summed E-state index contributed by atoms with van der Waals surface area (Å²) < 4.78 is 12.4. The first-order chi connectivity index (χ1) is 9.65. The molecule has 0 amide bonds. The van der Waals surface area contributed by atoms with E-state index in [1.165, 1.54) is 0 Å². The van der Waals surface area contributed by atoms with Crippen molar-refractivity contribution in [2.24, 2.45) is 7.05 Å². The monoisotopic (exact) mass is 294 g/mol. The lowest BCUT2D eigenvalue weighted by Crippen LogP contribution is -2.03. The smallest absolute Gasteiger partial charge is 0.231 e. The summed E-state index contributed by atoms with van der Waals surface area (Å²) in [7, 11) is 1.89. The number of ether oxygens (including phenoxy) is 2. The molecule has 0 spiro atoms. The molecule has 3 rings (SSSR count). The standard InChI is InChI=1S/C14H15ClN2O3/c1-17-10(4-5-16-17)2-3-12(18)9-6-11(15)14-13(7-9)19-8-20-14/h4-7,12,18H,2-3,8H2,1H3. The van der Waals surface area contributed by atoms with Crippen LogP contribution in [0.15, 0.2) is 24.4 Å². The molecular formula is C14H15ClN2O3. The van der Waals surface area contributed by atoms with Crippen LogP contribution in [-0.4, -0.2) is 21.7 Å². The Kier molecular flexibility index (Phi) is 3.54. The molecule has 106 valence electrons. The first-order valence-electron chi connectivity index (χ1n) is 6.39. The lowest BCUT2D eigenvalue weighted by Gasteiger charge is -2.12. The van der Waals surface area contributed by atoms with Crippen LogP contribution in [0, 0.1) is 0 Å². The summed E-state index contributed by atoms with van der Waals surface area (Å²) in [6.07, 6.45) is 2.48. The fraction of sp³-hybridized carbons (Fsp3) is 0.357.